The number of hydrogen-bond acceptors (Lipinski definition) is 3. The second kappa shape index (κ2) is 8.42. The van der Waals surface area contributed by atoms with E-state index in [1.807, 2.05) is 41.8 Å². The number of halogens is 1. The fourth-order valence-corrected chi connectivity index (χ4v) is 2.67. The first-order chi connectivity index (χ1) is 12.7. The van der Waals surface area contributed by atoms with Gasteiger partial charge in [-0.2, -0.15) is 0 Å². The second-order valence-electron chi connectivity index (χ2n) is 6.00. The molecule has 3 rings (SSSR count). The monoisotopic (exact) mass is 354 g/mol. The lowest BCUT2D eigenvalue weighted by molar-refractivity contribution is 0.617. The fourth-order valence-electron chi connectivity index (χ4n) is 2.67. The number of rotatable bonds is 6. The molecule has 6 nitrogen and oxygen atoms in total. The summed E-state index contributed by atoms with van der Waals surface area (Å²) in [5.74, 6) is 1.43. The Kier molecular flexibility index (Phi) is 5.78. The normalized spacial score (nSPS) is 11.7. The Hall–Kier alpha value is -2.96. The van der Waals surface area contributed by atoms with Gasteiger partial charge in [-0.1, -0.05) is 18.2 Å². The predicted molar refractivity (Wildman–Crippen MR) is 101 cm³/mol. The molecule has 2 aromatic heterocycles. The predicted octanol–water partition coefficient (Wildman–Crippen LogP) is 2.47. The van der Waals surface area contributed by atoms with Gasteiger partial charge in [0.05, 0.1) is 6.54 Å². The van der Waals surface area contributed by atoms with E-state index in [1.165, 1.54) is 6.07 Å². The second-order valence-corrected chi connectivity index (χ2v) is 6.00. The summed E-state index contributed by atoms with van der Waals surface area (Å²) in [5, 5.41) is 14.9. The third-order valence-corrected chi connectivity index (χ3v) is 4.01. The molecule has 0 amide bonds. The summed E-state index contributed by atoms with van der Waals surface area (Å²) in [5.41, 5.74) is 2.45. The van der Waals surface area contributed by atoms with Crippen LogP contribution in [0.25, 0.3) is 5.65 Å². The number of pyridine rings is 1. The fraction of sp³-hybridized carbons (Fsp3) is 0.316. The van der Waals surface area contributed by atoms with E-state index >= 15 is 0 Å². The van der Waals surface area contributed by atoms with Gasteiger partial charge in [0, 0.05) is 25.7 Å². The minimum absolute atomic E-state index is 0.191. The maximum atomic E-state index is 13.4. The van der Waals surface area contributed by atoms with E-state index in [0.29, 0.717) is 18.7 Å². The van der Waals surface area contributed by atoms with Gasteiger partial charge in [0.25, 0.3) is 0 Å². The van der Waals surface area contributed by atoms with Crippen molar-refractivity contribution in [3.63, 3.8) is 0 Å². The summed E-state index contributed by atoms with van der Waals surface area (Å²) < 4.78 is 15.3. The van der Waals surface area contributed by atoms with Crippen molar-refractivity contribution in [3.05, 3.63) is 65.4 Å². The molecule has 0 aliphatic rings. The molecule has 2 heterocycles. The Bertz CT molecular complexity index is 902. The van der Waals surface area contributed by atoms with Crippen molar-refractivity contribution in [2.45, 2.75) is 26.8 Å². The van der Waals surface area contributed by atoms with Crippen molar-refractivity contribution in [1.29, 1.82) is 0 Å². The highest BCUT2D eigenvalue weighted by Crippen LogP contribution is 2.10. The molecule has 26 heavy (non-hydrogen) atoms. The minimum atomic E-state index is -0.191. The standard InChI is InChI=1S/C19H23FN6/c1-3-21-19(23-13-15-7-8-16(20)14(2)12-15)22-10-9-18-25-24-17-6-4-5-11-26(17)18/h4-8,11-12H,3,9-10,13H2,1-2H3,(H2,21,22,23). The smallest absolute Gasteiger partial charge is 0.191 e. The Morgan fingerprint density at radius 1 is 1.19 bits per heavy atom. The molecule has 0 unspecified atom stereocenters. The third kappa shape index (κ3) is 4.36. The first-order valence-corrected chi connectivity index (χ1v) is 8.73. The third-order valence-electron chi connectivity index (χ3n) is 4.01. The molecule has 0 saturated carbocycles. The molecular weight excluding hydrogens is 331 g/mol. The summed E-state index contributed by atoms with van der Waals surface area (Å²) in [6.07, 6.45) is 2.69. The molecule has 0 atom stereocenters. The van der Waals surface area contributed by atoms with Gasteiger partial charge < -0.3 is 10.6 Å². The molecule has 0 fully saturated rings. The molecule has 0 aliphatic carbocycles. The van der Waals surface area contributed by atoms with Crippen molar-refractivity contribution < 1.29 is 4.39 Å². The maximum Gasteiger partial charge on any atom is 0.191 e. The molecule has 0 spiro atoms. The lowest BCUT2D eigenvalue weighted by atomic mass is 10.1. The van der Waals surface area contributed by atoms with Crippen LogP contribution in [0.4, 0.5) is 4.39 Å². The number of fused-ring (bicyclic) bond motifs is 1. The van der Waals surface area contributed by atoms with Crippen LogP contribution in [-0.4, -0.2) is 33.6 Å². The van der Waals surface area contributed by atoms with E-state index in [9.17, 15) is 4.39 Å². The van der Waals surface area contributed by atoms with Crippen molar-refractivity contribution in [2.75, 3.05) is 13.1 Å². The molecule has 3 aromatic rings. The molecule has 0 saturated heterocycles. The average Bonchev–Trinajstić information content (AvgIpc) is 3.06. The quantitative estimate of drug-likeness (QED) is 0.527. The molecule has 0 aliphatic heterocycles. The zero-order chi connectivity index (χ0) is 18.4. The number of aryl methyl sites for hydroxylation is 1. The number of aliphatic imine (C=N–C) groups is 1. The van der Waals surface area contributed by atoms with E-state index in [4.69, 9.17) is 0 Å². The van der Waals surface area contributed by atoms with Crippen LogP contribution in [0.15, 0.2) is 47.6 Å². The van der Waals surface area contributed by atoms with Gasteiger partial charge in [-0.15, -0.1) is 10.2 Å². The zero-order valence-electron chi connectivity index (χ0n) is 15.0. The van der Waals surface area contributed by atoms with E-state index in [1.54, 1.807) is 13.0 Å². The highest BCUT2D eigenvalue weighted by molar-refractivity contribution is 5.79. The number of guanidine groups is 1. The minimum Gasteiger partial charge on any atom is -0.357 e. The van der Waals surface area contributed by atoms with E-state index in [0.717, 1.165) is 36.0 Å². The van der Waals surface area contributed by atoms with Crippen LogP contribution < -0.4 is 10.6 Å². The summed E-state index contributed by atoms with van der Waals surface area (Å²) in [6.45, 7) is 5.72. The maximum absolute atomic E-state index is 13.4. The number of hydrogen-bond donors (Lipinski definition) is 2. The van der Waals surface area contributed by atoms with E-state index in [-0.39, 0.29) is 5.82 Å². The Morgan fingerprint density at radius 2 is 2.08 bits per heavy atom. The van der Waals surface area contributed by atoms with Crippen LogP contribution >= 0.6 is 0 Å². The molecular formula is C19H23FN6. The highest BCUT2D eigenvalue weighted by Gasteiger charge is 2.05. The van der Waals surface area contributed by atoms with Crippen LogP contribution in [-0.2, 0) is 13.0 Å². The Labute approximate surface area is 152 Å². The lowest BCUT2D eigenvalue weighted by Gasteiger charge is -2.11. The SMILES string of the molecule is CCNC(=NCc1ccc(F)c(C)c1)NCCc1nnc2ccccn12. The largest absolute Gasteiger partial charge is 0.357 e. The first kappa shape index (κ1) is 17.8. The van der Waals surface area contributed by atoms with Crippen molar-refractivity contribution in [2.24, 2.45) is 4.99 Å². The molecule has 7 heteroatoms. The lowest BCUT2D eigenvalue weighted by Crippen LogP contribution is -2.38. The van der Waals surface area contributed by atoms with Gasteiger partial charge >= 0.3 is 0 Å². The number of aromatic nitrogens is 3. The number of nitrogens with zero attached hydrogens (tertiary/aromatic N) is 4. The number of nitrogens with one attached hydrogen (secondary N) is 2. The van der Waals surface area contributed by atoms with Crippen molar-refractivity contribution >= 4 is 11.6 Å². The molecule has 1 aromatic carbocycles. The van der Waals surface area contributed by atoms with Gasteiger partial charge in [0.2, 0.25) is 0 Å². The van der Waals surface area contributed by atoms with Crippen LogP contribution in [0.5, 0.6) is 0 Å². The summed E-state index contributed by atoms with van der Waals surface area (Å²) in [6, 6.07) is 10.9. The van der Waals surface area contributed by atoms with E-state index < -0.39 is 0 Å². The van der Waals surface area contributed by atoms with Gasteiger partial charge in [0.1, 0.15) is 11.6 Å². The van der Waals surface area contributed by atoms with Crippen LogP contribution in [0, 0.1) is 12.7 Å². The molecule has 0 radical (unpaired) electrons. The van der Waals surface area contributed by atoms with Crippen LogP contribution in [0.1, 0.15) is 23.9 Å². The molecule has 136 valence electrons. The van der Waals surface area contributed by atoms with Crippen molar-refractivity contribution in [1.82, 2.24) is 25.2 Å². The van der Waals surface area contributed by atoms with E-state index in [2.05, 4.69) is 25.8 Å². The summed E-state index contributed by atoms with van der Waals surface area (Å²) >= 11 is 0. The molecule has 2 N–H and O–H groups in total. The van der Waals surface area contributed by atoms with Gasteiger partial charge in [-0.05, 0) is 43.2 Å². The van der Waals surface area contributed by atoms with Crippen LogP contribution in [0.2, 0.25) is 0 Å². The summed E-state index contributed by atoms with van der Waals surface area (Å²) in [4.78, 5) is 4.56. The topological polar surface area (TPSA) is 66.6 Å². The average molecular weight is 354 g/mol. The zero-order valence-corrected chi connectivity index (χ0v) is 15.0. The van der Waals surface area contributed by atoms with Gasteiger partial charge in [0.15, 0.2) is 11.6 Å². The van der Waals surface area contributed by atoms with Gasteiger partial charge in [-0.25, -0.2) is 9.38 Å². The first-order valence-electron chi connectivity index (χ1n) is 8.73. The van der Waals surface area contributed by atoms with Crippen molar-refractivity contribution in [3.8, 4) is 0 Å². The Morgan fingerprint density at radius 3 is 2.88 bits per heavy atom. The number of benzene rings is 1. The summed E-state index contributed by atoms with van der Waals surface area (Å²) in [7, 11) is 0. The molecule has 0 bridgehead atoms. The van der Waals surface area contributed by atoms with Gasteiger partial charge in [-0.3, -0.25) is 4.40 Å². The Balaban J connectivity index is 1.60. The highest BCUT2D eigenvalue weighted by atomic mass is 19.1. The van der Waals surface area contributed by atoms with Crippen LogP contribution in [0.3, 0.4) is 0 Å².